The molecule has 0 radical (unpaired) electrons. The van der Waals surface area contributed by atoms with E-state index >= 15 is 0 Å². The van der Waals surface area contributed by atoms with E-state index in [1.165, 1.54) is 12.2 Å². The van der Waals surface area contributed by atoms with Crippen LogP contribution in [-0.4, -0.2) is 25.2 Å². The molecule has 0 aliphatic carbocycles. The van der Waals surface area contributed by atoms with Crippen LogP contribution in [-0.2, 0) is 19.1 Å². The molecule has 4 nitrogen and oxygen atoms in total. The molecule has 0 saturated carbocycles. The Morgan fingerprint density at radius 2 is 1.33 bits per heavy atom. The SMILES string of the molecule is O=C1C=CCO1.O=C1C=CCO1. The van der Waals surface area contributed by atoms with Crippen molar-refractivity contribution >= 4 is 11.9 Å². The zero-order chi connectivity index (χ0) is 8.81. The van der Waals surface area contributed by atoms with Crippen LogP contribution in [0.5, 0.6) is 0 Å². The van der Waals surface area contributed by atoms with E-state index in [2.05, 4.69) is 9.47 Å². The maximum atomic E-state index is 9.93. The van der Waals surface area contributed by atoms with Gasteiger partial charge in [-0.05, 0) is 12.2 Å². The van der Waals surface area contributed by atoms with Crippen molar-refractivity contribution < 1.29 is 19.1 Å². The third-order valence-electron chi connectivity index (χ3n) is 1.15. The Labute approximate surface area is 69.5 Å². The summed E-state index contributed by atoms with van der Waals surface area (Å²) in [5.41, 5.74) is 0. The molecule has 2 aliphatic rings. The van der Waals surface area contributed by atoms with E-state index in [-0.39, 0.29) is 11.9 Å². The Balaban J connectivity index is 0.000000120. The zero-order valence-corrected chi connectivity index (χ0v) is 6.36. The minimum atomic E-state index is -0.227. The maximum Gasteiger partial charge on any atom is 0.330 e. The van der Waals surface area contributed by atoms with Gasteiger partial charge in [-0.25, -0.2) is 9.59 Å². The molecular weight excluding hydrogens is 160 g/mol. The third kappa shape index (κ3) is 3.01. The van der Waals surface area contributed by atoms with Crippen molar-refractivity contribution in [3.8, 4) is 0 Å². The second kappa shape index (κ2) is 4.33. The fraction of sp³-hybridized carbons (Fsp3) is 0.250. The molecule has 0 atom stereocenters. The van der Waals surface area contributed by atoms with Gasteiger partial charge in [0.05, 0.1) is 0 Å². The average molecular weight is 168 g/mol. The lowest BCUT2D eigenvalue weighted by Gasteiger charge is -1.81. The van der Waals surface area contributed by atoms with Crippen molar-refractivity contribution in [3.63, 3.8) is 0 Å². The fourth-order valence-corrected chi connectivity index (χ4v) is 0.645. The lowest BCUT2D eigenvalue weighted by atomic mass is 10.6. The molecule has 0 amide bonds. The summed E-state index contributed by atoms with van der Waals surface area (Å²) in [4.78, 5) is 19.9. The van der Waals surface area contributed by atoms with Gasteiger partial charge in [0.1, 0.15) is 13.2 Å². The quantitative estimate of drug-likeness (QED) is 0.485. The molecule has 0 aromatic rings. The van der Waals surface area contributed by atoms with Gasteiger partial charge < -0.3 is 9.47 Å². The predicted octanol–water partition coefficient (Wildman–Crippen LogP) is 0.199. The Morgan fingerprint density at radius 3 is 1.42 bits per heavy atom. The molecule has 0 aromatic carbocycles. The van der Waals surface area contributed by atoms with Gasteiger partial charge >= 0.3 is 11.9 Å². The average Bonchev–Trinajstić information content (AvgIpc) is 2.63. The molecule has 0 fully saturated rings. The van der Waals surface area contributed by atoms with Gasteiger partial charge in [-0.15, -0.1) is 0 Å². The van der Waals surface area contributed by atoms with E-state index < -0.39 is 0 Å². The third-order valence-corrected chi connectivity index (χ3v) is 1.15. The molecular formula is C8H8O4. The van der Waals surface area contributed by atoms with Crippen molar-refractivity contribution in [2.24, 2.45) is 0 Å². The van der Waals surface area contributed by atoms with Crippen molar-refractivity contribution in [3.05, 3.63) is 24.3 Å². The Bertz CT molecular complexity index is 213. The molecule has 2 aliphatic heterocycles. The number of carbonyl (C=O) groups excluding carboxylic acids is 2. The summed E-state index contributed by atoms with van der Waals surface area (Å²) in [6.07, 6.45) is 6.20. The summed E-state index contributed by atoms with van der Waals surface area (Å²) in [6, 6.07) is 0. The number of rotatable bonds is 0. The highest BCUT2D eigenvalue weighted by Crippen LogP contribution is 1.89. The molecule has 2 heterocycles. The molecule has 0 bridgehead atoms. The van der Waals surface area contributed by atoms with Gasteiger partial charge in [-0.3, -0.25) is 0 Å². The summed E-state index contributed by atoms with van der Waals surface area (Å²) < 4.78 is 8.81. The minimum absolute atomic E-state index is 0.227. The smallest absolute Gasteiger partial charge is 0.330 e. The van der Waals surface area contributed by atoms with E-state index in [9.17, 15) is 9.59 Å². The fourth-order valence-electron chi connectivity index (χ4n) is 0.645. The van der Waals surface area contributed by atoms with Gasteiger partial charge in [-0.1, -0.05) is 0 Å². The molecule has 0 N–H and O–H groups in total. The summed E-state index contributed by atoms with van der Waals surface area (Å²) >= 11 is 0. The summed E-state index contributed by atoms with van der Waals surface area (Å²) in [6.45, 7) is 0.914. The van der Waals surface area contributed by atoms with E-state index in [0.717, 1.165) is 0 Å². The summed E-state index contributed by atoms with van der Waals surface area (Å²) in [5, 5.41) is 0. The Kier molecular flexibility index (Phi) is 3.07. The molecule has 2 rings (SSSR count). The highest BCUT2D eigenvalue weighted by molar-refractivity contribution is 5.84. The lowest BCUT2D eigenvalue weighted by molar-refractivity contribution is -0.135. The Morgan fingerprint density at radius 1 is 0.917 bits per heavy atom. The van der Waals surface area contributed by atoms with Crippen LogP contribution >= 0.6 is 0 Å². The first-order chi connectivity index (χ1) is 5.79. The first kappa shape index (κ1) is 8.52. The highest BCUT2D eigenvalue weighted by atomic mass is 16.5. The van der Waals surface area contributed by atoms with Gasteiger partial charge in [0.15, 0.2) is 0 Å². The molecule has 4 heteroatoms. The van der Waals surface area contributed by atoms with Crippen LogP contribution in [0.2, 0.25) is 0 Å². The van der Waals surface area contributed by atoms with Crippen molar-refractivity contribution in [1.82, 2.24) is 0 Å². The first-order valence-corrected chi connectivity index (χ1v) is 3.45. The van der Waals surface area contributed by atoms with Gasteiger partial charge in [0.2, 0.25) is 0 Å². The number of hydrogen-bond acceptors (Lipinski definition) is 4. The number of carbonyl (C=O) groups is 2. The van der Waals surface area contributed by atoms with E-state index in [1.54, 1.807) is 12.2 Å². The van der Waals surface area contributed by atoms with Gasteiger partial charge in [-0.2, -0.15) is 0 Å². The largest absolute Gasteiger partial charge is 0.458 e. The molecule has 12 heavy (non-hydrogen) atoms. The number of hydrogen-bond donors (Lipinski definition) is 0. The Hall–Kier alpha value is -1.58. The predicted molar refractivity (Wildman–Crippen MR) is 40.2 cm³/mol. The van der Waals surface area contributed by atoms with Gasteiger partial charge in [0.25, 0.3) is 0 Å². The van der Waals surface area contributed by atoms with Crippen LogP contribution in [0, 0.1) is 0 Å². The maximum absolute atomic E-state index is 9.93. The standard InChI is InChI=1S/2C4H4O2/c2*5-4-2-1-3-6-4/h2*1-2H,3H2. The van der Waals surface area contributed by atoms with Gasteiger partial charge in [0, 0.05) is 12.2 Å². The highest BCUT2D eigenvalue weighted by Gasteiger charge is 1.99. The topological polar surface area (TPSA) is 52.6 Å². The van der Waals surface area contributed by atoms with Crippen LogP contribution in [0.25, 0.3) is 0 Å². The number of esters is 2. The van der Waals surface area contributed by atoms with Crippen molar-refractivity contribution in [1.29, 1.82) is 0 Å². The van der Waals surface area contributed by atoms with Crippen LogP contribution in [0.3, 0.4) is 0 Å². The van der Waals surface area contributed by atoms with E-state index in [1.807, 2.05) is 0 Å². The molecule has 0 saturated heterocycles. The summed E-state index contributed by atoms with van der Waals surface area (Å²) in [7, 11) is 0. The first-order valence-electron chi connectivity index (χ1n) is 3.45. The second-order valence-electron chi connectivity index (χ2n) is 2.06. The molecule has 0 unspecified atom stereocenters. The van der Waals surface area contributed by atoms with Crippen LogP contribution in [0.1, 0.15) is 0 Å². The lowest BCUT2D eigenvalue weighted by Crippen LogP contribution is -1.89. The summed E-state index contributed by atoms with van der Waals surface area (Å²) in [5.74, 6) is -0.454. The zero-order valence-electron chi connectivity index (χ0n) is 6.36. The minimum Gasteiger partial charge on any atom is -0.458 e. The monoisotopic (exact) mass is 168 g/mol. The second-order valence-corrected chi connectivity index (χ2v) is 2.06. The molecule has 64 valence electrons. The van der Waals surface area contributed by atoms with Crippen LogP contribution in [0.4, 0.5) is 0 Å². The van der Waals surface area contributed by atoms with E-state index in [0.29, 0.717) is 13.2 Å². The number of ether oxygens (including phenoxy) is 2. The van der Waals surface area contributed by atoms with E-state index in [4.69, 9.17) is 0 Å². The van der Waals surface area contributed by atoms with Crippen LogP contribution in [0.15, 0.2) is 24.3 Å². The van der Waals surface area contributed by atoms with Crippen LogP contribution < -0.4 is 0 Å². The number of cyclic esters (lactones) is 2. The molecule has 0 aromatic heterocycles. The molecule has 0 spiro atoms. The normalized spacial score (nSPS) is 18.3. The van der Waals surface area contributed by atoms with Crippen molar-refractivity contribution in [2.75, 3.05) is 13.2 Å². The van der Waals surface area contributed by atoms with Crippen molar-refractivity contribution in [2.45, 2.75) is 0 Å².